The van der Waals surface area contributed by atoms with Crippen molar-refractivity contribution >= 4 is 17.4 Å². The molecule has 1 heterocycles. The van der Waals surface area contributed by atoms with Crippen LogP contribution in [0, 0.1) is 0 Å². The van der Waals surface area contributed by atoms with Crippen molar-refractivity contribution in [3.63, 3.8) is 0 Å². The van der Waals surface area contributed by atoms with E-state index in [1.807, 2.05) is 41.1 Å². The van der Waals surface area contributed by atoms with Crippen molar-refractivity contribution in [1.29, 1.82) is 0 Å². The molecule has 0 aliphatic rings. The summed E-state index contributed by atoms with van der Waals surface area (Å²) in [6.45, 7) is 3.83. The van der Waals surface area contributed by atoms with Crippen molar-refractivity contribution in [2.24, 2.45) is 5.10 Å². The zero-order valence-electron chi connectivity index (χ0n) is 14.9. The first-order chi connectivity index (χ1) is 12.8. The Balaban J connectivity index is 1.78. The molecule has 4 nitrogen and oxygen atoms in total. The van der Waals surface area contributed by atoms with Crippen LogP contribution in [0.1, 0.15) is 24.5 Å². The van der Waals surface area contributed by atoms with E-state index in [2.05, 4.69) is 41.2 Å². The maximum Gasteiger partial charge on any atom is 0.166 e. The van der Waals surface area contributed by atoms with E-state index in [0.717, 1.165) is 37.3 Å². The van der Waals surface area contributed by atoms with Crippen molar-refractivity contribution in [2.45, 2.75) is 19.8 Å². The third-order valence-electron chi connectivity index (χ3n) is 4.19. The molecule has 0 fully saturated rings. The standard InChI is InChI=1S/C21H23ClN4/c1-2-26(15-8-11-18-9-4-3-5-10-18)24-21(25-16-14-23-17-25)19-12-6-7-13-20(19)22/h3-7,9-10,12-14,16-17H,2,8,11,15H2,1H3/b24-21+. The Morgan fingerprint density at radius 3 is 2.58 bits per heavy atom. The van der Waals surface area contributed by atoms with Gasteiger partial charge in [0.05, 0.1) is 5.02 Å². The number of halogens is 1. The average molecular weight is 367 g/mol. The lowest BCUT2D eigenvalue weighted by atomic mass is 10.1. The molecule has 26 heavy (non-hydrogen) atoms. The highest BCUT2D eigenvalue weighted by Crippen LogP contribution is 2.17. The van der Waals surface area contributed by atoms with Gasteiger partial charge in [0.15, 0.2) is 5.84 Å². The van der Waals surface area contributed by atoms with Gasteiger partial charge >= 0.3 is 0 Å². The number of nitrogens with zero attached hydrogens (tertiary/aromatic N) is 4. The summed E-state index contributed by atoms with van der Waals surface area (Å²) in [5.41, 5.74) is 2.25. The molecule has 2 aromatic carbocycles. The minimum absolute atomic E-state index is 0.681. The lowest BCUT2D eigenvalue weighted by molar-refractivity contribution is 0.299. The SMILES string of the molecule is CCN(CCCc1ccccc1)/N=C(\c1ccccc1Cl)n1ccnc1. The number of hydrogen-bond acceptors (Lipinski definition) is 3. The molecule has 0 radical (unpaired) electrons. The largest absolute Gasteiger partial charge is 0.295 e. The number of hydrazone groups is 1. The van der Waals surface area contributed by atoms with Crippen LogP contribution in [-0.4, -0.2) is 33.5 Å². The van der Waals surface area contributed by atoms with Crippen LogP contribution in [0.25, 0.3) is 0 Å². The van der Waals surface area contributed by atoms with E-state index >= 15 is 0 Å². The van der Waals surface area contributed by atoms with Gasteiger partial charge in [-0.25, -0.2) is 4.98 Å². The van der Waals surface area contributed by atoms with Crippen LogP contribution in [0.2, 0.25) is 5.02 Å². The molecule has 3 rings (SSSR count). The first-order valence-electron chi connectivity index (χ1n) is 8.88. The lowest BCUT2D eigenvalue weighted by Crippen LogP contribution is -2.24. The van der Waals surface area contributed by atoms with Crippen molar-refractivity contribution in [2.75, 3.05) is 13.1 Å². The second-order valence-corrected chi connectivity index (χ2v) is 6.42. The topological polar surface area (TPSA) is 33.4 Å². The summed E-state index contributed by atoms with van der Waals surface area (Å²) in [6.07, 6.45) is 7.47. The highest BCUT2D eigenvalue weighted by molar-refractivity contribution is 6.34. The minimum Gasteiger partial charge on any atom is -0.295 e. The Morgan fingerprint density at radius 1 is 1.12 bits per heavy atom. The first-order valence-corrected chi connectivity index (χ1v) is 9.26. The van der Waals surface area contributed by atoms with E-state index in [4.69, 9.17) is 16.7 Å². The van der Waals surface area contributed by atoms with E-state index in [-0.39, 0.29) is 0 Å². The third-order valence-corrected chi connectivity index (χ3v) is 4.52. The fraction of sp³-hybridized carbons (Fsp3) is 0.238. The smallest absolute Gasteiger partial charge is 0.166 e. The number of imidazole rings is 1. The monoisotopic (exact) mass is 366 g/mol. The van der Waals surface area contributed by atoms with Crippen LogP contribution in [-0.2, 0) is 6.42 Å². The molecule has 0 aliphatic heterocycles. The van der Waals surface area contributed by atoms with Gasteiger partial charge < -0.3 is 0 Å². The van der Waals surface area contributed by atoms with E-state index in [1.54, 1.807) is 12.5 Å². The molecule has 0 unspecified atom stereocenters. The molecular formula is C21H23ClN4. The van der Waals surface area contributed by atoms with Gasteiger partial charge in [0.1, 0.15) is 6.33 Å². The van der Waals surface area contributed by atoms with Gasteiger partial charge in [0.2, 0.25) is 0 Å². The maximum atomic E-state index is 6.41. The van der Waals surface area contributed by atoms with Gasteiger partial charge in [-0.1, -0.05) is 54.1 Å². The molecule has 0 spiro atoms. The summed E-state index contributed by atoms with van der Waals surface area (Å²) in [6, 6.07) is 18.3. The van der Waals surface area contributed by atoms with E-state index in [0.29, 0.717) is 5.02 Å². The van der Waals surface area contributed by atoms with Crippen LogP contribution in [0.3, 0.4) is 0 Å². The molecular weight excluding hydrogens is 344 g/mol. The second kappa shape index (κ2) is 9.20. The van der Waals surface area contributed by atoms with Gasteiger partial charge in [-0.3, -0.25) is 9.58 Å². The Labute approximate surface area is 159 Å². The van der Waals surface area contributed by atoms with Crippen molar-refractivity contribution in [3.05, 3.63) is 89.5 Å². The Bertz CT molecular complexity index is 828. The summed E-state index contributed by atoms with van der Waals surface area (Å²) in [5, 5.41) is 7.65. The van der Waals surface area contributed by atoms with Gasteiger partial charge in [-0.05, 0) is 37.5 Å². The first kappa shape index (κ1) is 18.2. The molecule has 0 saturated carbocycles. The number of rotatable bonds is 7. The molecule has 0 saturated heterocycles. The number of aromatic nitrogens is 2. The van der Waals surface area contributed by atoms with Gasteiger partial charge in [-0.2, -0.15) is 5.10 Å². The van der Waals surface area contributed by atoms with Crippen LogP contribution >= 0.6 is 11.6 Å². The molecule has 5 heteroatoms. The van der Waals surface area contributed by atoms with Crippen molar-refractivity contribution < 1.29 is 0 Å². The van der Waals surface area contributed by atoms with Gasteiger partial charge in [0, 0.05) is 31.0 Å². The van der Waals surface area contributed by atoms with Crippen LogP contribution < -0.4 is 0 Å². The van der Waals surface area contributed by atoms with E-state index in [9.17, 15) is 0 Å². The van der Waals surface area contributed by atoms with Gasteiger partial charge in [-0.15, -0.1) is 0 Å². The Hall–Kier alpha value is -2.59. The molecule has 0 bridgehead atoms. The molecule has 0 aliphatic carbocycles. The third kappa shape index (κ3) is 4.73. The number of aryl methyl sites for hydroxylation is 1. The molecule has 0 amide bonds. The zero-order chi connectivity index (χ0) is 18.2. The predicted molar refractivity (Wildman–Crippen MR) is 108 cm³/mol. The van der Waals surface area contributed by atoms with Gasteiger partial charge in [0.25, 0.3) is 0 Å². The lowest BCUT2D eigenvalue weighted by Gasteiger charge is -2.20. The van der Waals surface area contributed by atoms with E-state index in [1.165, 1.54) is 5.56 Å². The summed E-state index contributed by atoms with van der Waals surface area (Å²) < 4.78 is 1.90. The van der Waals surface area contributed by atoms with E-state index < -0.39 is 0 Å². The normalized spacial score (nSPS) is 11.5. The quantitative estimate of drug-likeness (QED) is 0.345. The minimum atomic E-state index is 0.681. The summed E-state index contributed by atoms with van der Waals surface area (Å²) >= 11 is 6.41. The number of hydrogen-bond donors (Lipinski definition) is 0. The Kier molecular flexibility index (Phi) is 6.45. The van der Waals surface area contributed by atoms with Crippen molar-refractivity contribution in [1.82, 2.24) is 14.6 Å². The fourth-order valence-corrected chi connectivity index (χ4v) is 3.01. The molecule has 0 N–H and O–H groups in total. The summed E-state index contributed by atoms with van der Waals surface area (Å²) in [4.78, 5) is 4.15. The molecule has 1 aromatic heterocycles. The maximum absolute atomic E-state index is 6.41. The van der Waals surface area contributed by atoms with Crippen LogP contribution in [0.15, 0.2) is 78.4 Å². The molecule has 0 atom stereocenters. The second-order valence-electron chi connectivity index (χ2n) is 6.01. The van der Waals surface area contributed by atoms with Crippen LogP contribution in [0.4, 0.5) is 0 Å². The average Bonchev–Trinajstić information content (AvgIpc) is 3.21. The highest BCUT2D eigenvalue weighted by atomic mass is 35.5. The summed E-state index contributed by atoms with van der Waals surface area (Å²) in [7, 11) is 0. The highest BCUT2D eigenvalue weighted by Gasteiger charge is 2.12. The number of benzene rings is 2. The molecule has 134 valence electrons. The summed E-state index contributed by atoms with van der Waals surface area (Å²) in [5.74, 6) is 0.787. The zero-order valence-corrected chi connectivity index (χ0v) is 15.7. The fourth-order valence-electron chi connectivity index (χ4n) is 2.79. The van der Waals surface area contributed by atoms with Crippen LogP contribution in [0.5, 0.6) is 0 Å². The predicted octanol–water partition coefficient (Wildman–Crippen LogP) is 4.70. The Morgan fingerprint density at radius 2 is 1.88 bits per heavy atom. The molecule has 3 aromatic rings. The van der Waals surface area contributed by atoms with Crippen molar-refractivity contribution in [3.8, 4) is 0 Å².